The summed E-state index contributed by atoms with van der Waals surface area (Å²) in [4.78, 5) is 0. The Morgan fingerprint density at radius 2 is 1.17 bits per heavy atom. The molecule has 0 bridgehead atoms. The summed E-state index contributed by atoms with van der Waals surface area (Å²) < 4.78 is 17.8. The Bertz CT molecular complexity index is 274. The van der Waals surface area contributed by atoms with Gasteiger partial charge in [0.15, 0.2) is 0 Å². The van der Waals surface area contributed by atoms with Gasteiger partial charge in [-0.2, -0.15) is 0 Å². The van der Waals surface area contributed by atoms with Gasteiger partial charge in [-0.1, -0.05) is 0 Å². The summed E-state index contributed by atoms with van der Waals surface area (Å²) >= 11 is -2.26. The van der Waals surface area contributed by atoms with Crippen molar-refractivity contribution in [2.45, 2.75) is 99.7 Å². The number of hydrogen-bond acceptors (Lipinski definition) is 2. The summed E-state index contributed by atoms with van der Waals surface area (Å²) in [5.41, 5.74) is 0. The molecule has 0 heterocycles. The van der Waals surface area contributed by atoms with Crippen molar-refractivity contribution in [3.05, 3.63) is 9.67 Å². The molecule has 0 rings (SSSR count). The monoisotopic (exact) mass is 434 g/mol. The molecule has 23 heavy (non-hydrogen) atoms. The molecule has 3 heteroatoms. The quantitative estimate of drug-likeness (QED) is 0.211. The minimum atomic E-state index is -2.26. The zero-order valence-electron chi connectivity index (χ0n) is 16.7. The third-order valence-electron chi connectivity index (χ3n) is 4.91. The van der Waals surface area contributed by atoms with Gasteiger partial charge in [0, 0.05) is 0 Å². The molecular weight excluding hydrogens is 391 g/mol. The van der Waals surface area contributed by atoms with Gasteiger partial charge < -0.3 is 0 Å². The molecule has 0 aliphatic heterocycles. The van der Waals surface area contributed by atoms with Crippen molar-refractivity contribution in [1.29, 1.82) is 0 Å². The van der Waals surface area contributed by atoms with Gasteiger partial charge in [0.05, 0.1) is 0 Å². The van der Waals surface area contributed by atoms with Gasteiger partial charge in [-0.05, 0) is 0 Å². The van der Waals surface area contributed by atoms with E-state index in [1.165, 1.54) is 51.8 Å². The van der Waals surface area contributed by atoms with Crippen LogP contribution in [0.25, 0.3) is 0 Å². The van der Waals surface area contributed by atoms with Gasteiger partial charge >= 0.3 is 150 Å². The molecule has 0 saturated carbocycles. The van der Waals surface area contributed by atoms with Crippen LogP contribution in [0.3, 0.4) is 0 Å². The Morgan fingerprint density at radius 3 is 1.48 bits per heavy atom. The number of ether oxygens (including phenoxy) is 2. The van der Waals surface area contributed by atoms with E-state index in [9.17, 15) is 0 Å². The second-order valence-corrected chi connectivity index (χ2v) is 20.6. The van der Waals surface area contributed by atoms with Gasteiger partial charge in [-0.15, -0.1) is 0 Å². The predicted molar refractivity (Wildman–Crippen MR) is 106 cm³/mol. The summed E-state index contributed by atoms with van der Waals surface area (Å²) in [7, 11) is 0. The Hall–Kier alpha value is 0.459. The second kappa shape index (κ2) is 14.8. The van der Waals surface area contributed by atoms with Gasteiger partial charge in [0.25, 0.3) is 0 Å². The number of unbranched alkanes of at least 4 members (excludes halogenated alkanes) is 3. The van der Waals surface area contributed by atoms with E-state index in [4.69, 9.17) is 9.47 Å². The van der Waals surface area contributed by atoms with E-state index >= 15 is 0 Å². The topological polar surface area (TPSA) is 18.5 Å². The van der Waals surface area contributed by atoms with Crippen LogP contribution in [0.5, 0.6) is 0 Å². The summed E-state index contributed by atoms with van der Waals surface area (Å²) in [5.74, 6) is 0. The van der Waals surface area contributed by atoms with E-state index < -0.39 is 18.4 Å². The summed E-state index contributed by atoms with van der Waals surface area (Å²) in [6.07, 6.45) is 10.4. The van der Waals surface area contributed by atoms with Crippen molar-refractivity contribution in [3.63, 3.8) is 0 Å². The molecule has 0 aromatic rings. The van der Waals surface area contributed by atoms with Crippen LogP contribution in [0.2, 0.25) is 13.3 Å². The zero-order valence-corrected chi connectivity index (χ0v) is 19.6. The fourth-order valence-corrected chi connectivity index (χ4v) is 19.1. The molecule has 0 spiro atoms. The molecule has 0 aliphatic carbocycles. The first kappa shape index (κ1) is 23.5. The average Bonchev–Trinajstić information content (AvgIpc) is 2.55. The Balaban J connectivity index is 5.35. The molecule has 0 aromatic heterocycles. The van der Waals surface area contributed by atoms with Crippen molar-refractivity contribution in [2.24, 2.45) is 0 Å². The Morgan fingerprint density at radius 1 is 0.783 bits per heavy atom. The maximum atomic E-state index is 5.80. The summed E-state index contributed by atoms with van der Waals surface area (Å²) in [6.45, 7) is 14.9. The van der Waals surface area contributed by atoms with Gasteiger partial charge in [-0.3, -0.25) is 0 Å². The van der Waals surface area contributed by atoms with Crippen LogP contribution >= 0.6 is 0 Å². The molecule has 0 unspecified atom stereocenters. The van der Waals surface area contributed by atoms with Crippen molar-refractivity contribution in [3.8, 4) is 0 Å². The molecule has 0 radical (unpaired) electrons. The van der Waals surface area contributed by atoms with Crippen LogP contribution in [-0.2, 0) is 9.47 Å². The van der Waals surface area contributed by atoms with E-state index in [2.05, 4.69) is 47.6 Å². The SMILES string of the molecule is CCC[CH2][Sn]([CH2]CCC)([CH2]CCC)/[C](C)=C/C(OCC)OCC. The molecule has 0 amide bonds. The van der Waals surface area contributed by atoms with Crippen LogP contribution in [0.1, 0.15) is 80.1 Å². The minimum absolute atomic E-state index is 0.133. The first-order valence-corrected chi connectivity index (χ1v) is 17.5. The van der Waals surface area contributed by atoms with Crippen LogP contribution < -0.4 is 0 Å². The molecule has 0 N–H and O–H groups in total. The molecule has 0 aromatic carbocycles. The van der Waals surface area contributed by atoms with Crippen molar-refractivity contribution >= 4 is 18.4 Å². The van der Waals surface area contributed by atoms with Crippen LogP contribution in [0.15, 0.2) is 9.67 Å². The zero-order chi connectivity index (χ0) is 17.6. The van der Waals surface area contributed by atoms with Gasteiger partial charge in [0.2, 0.25) is 0 Å². The fraction of sp³-hybridized carbons (Fsp3) is 0.900. The number of allylic oxidation sites excluding steroid dienone is 1. The van der Waals surface area contributed by atoms with E-state index in [1.54, 1.807) is 3.59 Å². The second-order valence-electron chi connectivity index (χ2n) is 6.72. The van der Waals surface area contributed by atoms with Crippen molar-refractivity contribution in [1.82, 2.24) is 0 Å². The predicted octanol–water partition coefficient (Wildman–Crippen LogP) is 6.72. The third-order valence-corrected chi connectivity index (χ3v) is 21.4. The molecule has 138 valence electrons. The molecular formula is C20H42O2Sn. The normalized spacial score (nSPS) is 13.1. The standard InChI is InChI=1S/C8H15O2.3C4H9.Sn/c1-4-7-8(9-5-2)10-6-3;3*1-3-4-2;/h7-8H,5-6H2,1-3H3;3*1,3-4H2,2H3;. The average molecular weight is 433 g/mol. The maximum absolute atomic E-state index is 5.80. The van der Waals surface area contributed by atoms with Gasteiger partial charge in [0.1, 0.15) is 0 Å². The van der Waals surface area contributed by atoms with Crippen LogP contribution in [-0.4, -0.2) is 37.9 Å². The number of rotatable bonds is 15. The van der Waals surface area contributed by atoms with Gasteiger partial charge in [-0.25, -0.2) is 0 Å². The van der Waals surface area contributed by atoms with Crippen LogP contribution in [0, 0.1) is 0 Å². The number of hydrogen-bond donors (Lipinski definition) is 0. The third kappa shape index (κ3) is 9.50. The van der Waals surface area contributed by atoms with E-state index in [1.807, 2.05) is 0 Å². The molecule has 0 aliphatic rings. The Labute approximate surface area is 150 Å². The van der Waals surface area contributed by atoms with E-state index in [0.717, 1.165) is 13.2 Å². The van der Waals surface area contributed by atoms with Crippen LogP contribution in [0.4, 0.5) is 0 Å². The fourth-order valence-electron chi connectivity index (χ4n) is 3.37. The summed E-state index contributed by atoms with van der Waals surface area (Å²) in [5, 5.41) is 0. The molecule has 2 nitrogen and oxygen atoms in total. The first-order valence-electron chi connectivity index (χ1n) is 10.0. The first-order chi connectivity index (χ1) is 11.1. The molecule has 0 saturated heterocycles. The Kier molecular flexibility index (Phi) is 15.1. The molecule has 0 fully saturated rings. The van der Waals surface area contributed by atoms with E-state index in [0.29, 0.717) is 0 Å². The van der Waals surface area contributed by atoms with E-state index in [-0.39, 0.29) is 6.29 Å². The summed E-state index contributed by atoms with van der Waals surface area (Å²) in [6, 6.07) is 0. The molecule has 0 atom stereocenters. The van der Waals surface area contributed by atoms with Crippen molar-refractivity contribution < 1.29 is 9.47 Å². The van der Waals surface area contributed by atoms with Crippen molar-refractivity contribution in [2.75, 3.05) is 13.2 Å².